The van der Waals surface area contributed by atoms with E-state index in [0.29, 0.717) is 5.56 Å². The Balaban J connectivity index is 1.73. The van der Waals surface area contributed by atoms with Gasteiger partial charge >= 0.3 is 0 Å². The van der Waals surface area contributed by atoms with E-state index in [0.717, 1.165) is 23.2 Å². The zero-order valence-electron chi connectivity index (χ0n) is 13.7. The Bertz CT molecular complexity index is 886. The minimum absolute atomic E-state index is 0.0819. The lowest BCUT2D eigenvalue weighted by atomic mass is 10.0. The second-order valence-corrected chi connectivity index (χ2v) is 5.99. The van der Waals surface area contributed by atoms with Crippen LogP contribution in [0, 0.1) is 0 Å². The van der Waals surface area contributed by atoms with Gasteiger partial charge in [0.25, 0.3) is 0 Å². The lowest BCUT2D eigenvalue weighted by Gasteiger charge is -2.27. The molecule has 1 unspecified atom stereocenters. The summed E-state index contributed by atoms with van der Waals surface area (Å²) in [7, 11) is 0. The third kappa shape index (κ3) is 3.04. The fourth-order valence-corrected chi connectivity index (χ4v) is 3.08. The topological polar surface area (TPSA) is 32.3 Å². The second kappa shape index (κ2) is 6.65. The van der Waals surface area contributed by atoms with Crippen molar-refractivity contribution < 1.29 is 4.79 Å². The third-order valence-electron chi connectivity index (χ3n) is 4.38. The van der Waals surface area contributed by atoms with Gasteiger partial charge < -0.3 is 0 Å². The minimum atomic E-state index is 0.0819. The molecule has 3 heteroatoms. The Morgan fingerprint density at radius 2 is 1.44 bits per heavy atom. The molecular weight excluding hydrogens is 308 g/mol. The molecule has 1 aliphatic rings. The maximum absolute atomic E-state index is 10.9. The molecule has 0 fully saturated rings. The van der Waals surface area contributed by atoms with Crippen LogP contribution in [0.25, 0.3) is 5.70 Å². The lowest BCUT2D eigenvalue weighted by molar-refractivity contribution is 0.112. The molecule has 4 rings (SSSR count). The van der Waals surface area contributed by atoms with Crippen molar-refractivity contribution in [1.29, 1.82) is 0 Å². The van der Waals surface area contributed by atoms with Crippen LogP contribution in [-0.2, 0) is 0 Å². The highest BCUT2D eigenvalue weighted by atomic mass is 16.1. The highest BCUT2D eigenvalue weighted by Gasteiger charge is 2.26. The van der Waals surface area contributed by atoms with Crippen LogP contribution in [0.2, 0.25) is 0 Å². The molecule has 3 nitrogen and oxygen atoms in total. The molecule has 0 bridgehead atoms. The quantitative estimate of drug-likeness (QED) is 0.711. The number of rotatable bonds is 4. The van der Waals surface area contributed by atoms with Crippen LogP contribution in [0.1, 0.15) is 27.5 Å². The van der Waals surface area contributed by atoms with E-state index < -0.39 is 0 Å². The first-order valence-corrected chi connectivity index (χ1v) is 8.28. The van der Waals surface area contributed by atoms with Crippen molar-refractivity contribution in [3.63, 3.8) is 0 Å². The molecule has 0 radical (unpaired) electrons. The molecule has 1 N–H and O–H groups in total. The van der Waals surface area contributed by atoms with Gasteiger partial charge in [-0.15, -0.1) is 0 Å². The van der Waals surface area contributed by atoms with Crippen molar-refractivity contribution in [3.05, 3.63) is 108 Å². The third-order valence-corrected chi connectivity index (χ3v) is 4.38. The molecule has 1 heterocycles. The van der Waals surface area contributed by atoms with Gasteiger partial charge in [0, 0.05) is 5.56 Å². The molecule has 122 valence electrons. The number of hydrogen-bond donors (Lipinski definition) is 1. The van der Waals surface area contributed by atoms with Crippen LogP contribution in [0.5, 0.6) is 0 Å². The maximum Gasteiger partial charge on any atom is 0.150 e. The fourth-order valence-electron chi connectivity index (χ4n) is 3.08. The van der Waals surface area contributed by atoms with Crippen molar-refractivity contribution in [2.75, 3.05) is 5.01 Å². The van der Waals surface area contributed by atoms with E-state index in [1.165, 1.54) is 5.56 Å². The molecule has 0 saturated carbocycles. The molecule has 3 aromatic carbocycles. The Hall–Kier alpha value is -3.33. The number of nitrogens with zero attached hydrogens (tertiary/aromatic N) is 1. The zero-order chi connectivity index (χ0) is 17.1. The molecule has 0 saturated heterocycles. The van der Waals surface area contributed by atoms with E-state index in [4.69, 9.17) is 0 Å². The van der Waals surface area contributed by atoms with E-state index >= 15 is 0 Å². The van der Waals surface area contributed by atoms with Crippen molar-refractivity contribution in [3.8, 4) is 0 Å². The molecule has 0 amide bonds. The Kier molecular flexibility index (Phi) is 4.05. The van der Waals surface area contributed by atoms with Gasteiger partial charge in [-0.1, -0.05) is 60.7 Å². The Labute approximate surface area is 147 Å². The van der Waals surface area contributed by atoms with Crippen LogP contribution in [-0.4, -0.2) is 6.29 Å². The number of hydrogen-bond acceptors (Lipinski definition) is 3. The largest absolute Gasteiger partial charge is 0.298 e. The molecule has 0 spiro atoms. The molecule has 25 heavy (non-hydrogen) atoms. The molecule has 0 aliphatic carbocycles. The van der Waals surface area contributed by atoms with E-state index in [1.54, 1.807) is 0 Å². The first-order valence-electron chi connectivity index (χ1n) is 8.28. The van der Waals surface area contributed by atoms with Crippen LogP contribution >= 0.6 is 0 Å². The smallest absolute Gasteiger partial charge is 0.150 e. The van der Waals surface area contributed by atoms with Crippen LogP contribution < -0.4 is 10.4 Å². The standard InChI is InChI=1S/C22H18N2O/c25-16-17-11-13-20(14-12-17)24-22(19-9-5-2-6-10-19)15-21(23-24)18-7-3-1-4-8-18/h1-16,22-23H. The van der Waals surface area contributed by atoms with Crippen LogP contribution in [0.4, 0.5) is 5.69 Å². The van der Waals surface area contributed by atoms with Gasteiger partial charge in [0.05, 0.1) is 17.4 Å². The average Bonchev–Trinajstić information content (AvgIpc) is 3.15. The van der Waals surface area contributed by atoms with Gasteiger partial charge in [-0.25, -0.2) is 0 Å². The van der Waals surface area contributed by atoms with E-state index in [2.05, 4.69) is 52.9 Å². The van der Waals surface area contributed by atoms with Crippen LogP contribution in [0.15, 0.2) is 91.0 Å². The predicted octanol–water partition coefficient (Wildman–Crippen LogP) is 4.61. The number of carbonyl (C=O) groups excluding carboxylic acids is 1. The van der Waals surface area contributed by atoms with Gasteiger partial charge in [0.1, 0.15) is 6.29 Å². The summed E-state index contributed by atoms with van der Waals surface area (Å²) in [4.78, 5) is 10.9. The first-order chi connectivity index (χ1) is 12.3. The average molecular weight is 326 g/mol. The van der Waals surface area contributed by atoms with Gasteiger partial charge in [-0.2, -0.15) is 0 Å². The summed E-state index contributed by atoms with van der Waals surface area (Å²) >= 11 is 0. The molecule has 1 aliphatic heterocycles. The summed E-state index contributed by atoms with van der Waals surface area (Å²) in [6, 6.07) is 28.4. The summed E-state index contributed by atoms with van der Waals surface area (Å²) < 4.78 is 0. The summed E-state index contributed by atoms with van der Waals surface area (Å²) in [6.45, 7) is 0. The van der Waals surface area contributed by atoms with E-state index in [1.807, 2.05) is 48.5 Å². The number of aldehydes is 1. The highest BCUT2D eigenvalue weighted by Crippen LogP contribution is 2.34. The molecule has 3 aromatic rings. The fraction of sp³-hybridized carbons (Fsp3) is 0.0455. The normalized spacial score (nSPS) is 16.2. The maximum atomic E-state index is 10.9. The molecule has 0 aromatic heterocycles. The van der Waals surface area contributed by atoms with Crippen molar-refractivity contribution in [2.45, 2.75) is 6.04 Å². The van der Waals surface area contributed by atoms with Crippen LogP contribution in [0.3, 0.4) is 0 Å². The summed E-state index contributed by atoms with van der Waals surface area (Å²) in [5, 5.41) is 2.13. The number of benzene rings is 3. The number of nitrogens with one attached hydrogen (secondary N) is 1. The second-order valence-electron chi connectivity index (χ2n) is 5.99. The van der Waals surface area contributed by atoms with E-state index in [-0.39, 0.29) is 6.04 Å². The van der Waals surface area contributed by atoms with Crippen molar-refractivity contribution >= 4 is 17.7 Å². The summed E-state index contributed by atoms with van der Waals surface area (Å²) in [5.74, 6) is 0. The predicted molar refractivity (Wildman–Crippen MR) is 101 cm³/mol. The Morgan fingerprint density at radius 1 is 0.800 bits per heavy atom. The van der Waals surface area contributed by atoms with Gasteiger partial charge in [0.15, 0.2) is 0 Å². The highest BCUT2D eigenvalue weighted by molar-refractivity contribution is 5.77. The molecule has 1 atom stereocenters. The number of hydrazine groups is 1. The van der Waals surface area contributed by atoms with E-state index in [9.17, 15) is 4.79 Å². The van der Waals surface area contributed by atoms with Gasteiger partial charge in [-0.05, 0) is 41.5 Å². The summed E-state index contributed by atoms with van der Waals surface area (Å²) in [6.07, 6.45) is 3.10. The number of carbonyl (C=O) groups is 1. The zero-order valence-corrected chi connectivity index (χ0v) is 13.7. The minimum Gasteiger partial charge on any atom is -0.298 e. The SMILES string of the molecule is O=Cc1ccc(N2NC(c3ccccc3)=CC2c2ccccc2)cc1. The monoisotopic (exact) mass is 326 g/mol. The molecular formula is C22H18N2O. The van der Waals surface area contributed by atoms with Gasteiger partial charge in [0.2, 0.25) is 0 Å². The lowest BCUT2D eigenvalue weighted by Crippen LogP contribution is -2.33. The van der Waals surface area contributed by atoms with Crippen molar-refractivity contribution in [1.82, 2.24) is 5.43 Å². The number of anilines is 1. The van der Waals surface area contributed by atoms with Crippen molar-refractivity contribution in [2.24, 2.45) is 0 Å². The van der Waals surface area contributed by atoms with Gasteiger partial charge in [-0.3, -0.25) is 15.2 Å². The summed E-state index contributed by atoms with van der Waals surface area (Å²) in [5.41, 5.74) is 8.64. The first kappa shape index (κ1) is 15.2. The Morgan fingerprint density at radius 3 is 2.08 bits per heavy atom.